The van der Waals surface area contributed by atoms with Gasteiger partial charge in [0.1, 0.15) is 0 Å². The third-order valence-electron chi connectivity index (χ3n) is 5.46. The Morgan fingerprint density at radius 1 is 1.00 bits per heavy atom. The zero-order valence-electron chi connectivity index (χ0n) is 16.3. The first-order valence-electron chi connectivity index (χ1n) is 9.66. The fourth-order valence-electron chi connectivity index (χ4n) is 3.60. The highest BCUT2D eigenvalue weighted by atomic mass is 32.2. The van der Waals surface area contributed by atoms with Crippen LogP contribution in [0.2, 0.25) is 0 Å². The highest BCUT2D eigenvalue weighted by Crippen LogP contribution is 2.15. The third-order valence-corrected chi connectivity index (χ3v) is 7.34. The van der Waals surface area contributed by atoms with Crippen molar-refractivity contribution in [1.29, 1.82) is 0 Å². The van der Waals surface area contributed by atoms with Crippen LogP contribution in [0.25, 0.3) is 0 Å². The summed E-state index contributed by atoms with van der Waals surface area (Å²) in [6, 6.07) is 7.85. The molecular weight excluding hydrogens is 364 g/mol. The van der Waals surface area contributed by atoms with E-state index in [0.717, 1.165) is 56.9 Å². The standard InChI is InChI=1S/C19H30N4O3S/c1-3-27(25,26)23-13-9-21(10-14-23)16-17-5-4-6-18(15-17)19(24)22-11-7-20(2)8-12-22/h4-6,15H,3,7-14,16H2,1-2H3. The highest BCUT2D eigenvalue weighted by molar-refractivity contribution is 7.89. The Morgan fingerprint density at radius 2 is 1.67 bits per heavy atom. The van der Waals surface area contributed by atoms with Gasteiger partial charge in [-0.05, 0) is 31.7 Å². The number of hydrogen-bond acceptors (Lipinski definition) is 5. The van der Waals surface area contributed by atoms with Gasteiger partial charge in [0.15, 0.2) is 0 Å². The molecule has 3 rings (SSSR count). The molecule has 0 saturated carbocycles. The smallest absolute Gasteiger partial charge is 0.253 e. The lowest BCUT2D eigenvalue weighted by Crippen LogP contribution is -2.48. The van der Waals surface area contributed by atoms with Gasteiger partial charge < -0.3 is 9.80 Å². The van der Waals surface area contributed by atoms with Gasteiger partial charge in [-0.15, -0.1) is 0 Å². The first-order valence-corrected chi connectivity index (χ1v) is 11.3. The molecule has 27 heavy (non-hydrogen) atoms. The Kier molecular flexibility index (Phi) is 6.52. The summed E-state index contributed by atoms with van der Waals surface area (Å²) in [5.41, 5.74) is 1.84. The van der Waals surface area contributed by atoms with Crippen LogP contribution >= 0.6 is 0 Å². The molecule has 0 unspecified atom stereocenters. The zero-order chi connectivity index (χ0) is 19.4. The second-order valence-electron chi connectivity index (χ2n) is 7.37. The molecule has 1 aromatic rings. The molecular formula is C19H30N4O3S. The van der Waals surface area contributed by atoms with Gasteiger partial charge >= 0.3 is 0 Å². The van der Waals surface area contributed by atoms with E-state index in [0.29, 0.717) is 13.1 Å². The predicted molar refractivity (Wildman–Crippen MR) is 106 cm³/mol. The number of nitrogens with zero attached hydrogens (tertiary/aromatic N) is 4. The van der Waals surface area contributed by atoms with Crippen molar-refractivity contribution in [2.24, 2.45) is 0 Å². The minimum absolute atomic E-state index is 0.101. The van der Waals surface area contributed by atoms with Crippen LogP contribution in [-0.4, -0.2) is 98.5 Å². The summed E-state index contributed by atoms with van der Waals surface area (Å²) in [6.45, 7) is 8.31. The lowest BCUT2D eigenvalue weighted by molar-refractivity contribution is 0.0664. The summed E-state index contributed by atoms with van der Waals surface area (Å²) in [6.07, 6.45) is 0. The van der Waals surface area contributed by atoms with E-state index in [2.05, 4.69) is 16.8 Å². The van der Waals surface area contributed by atoms with Crippen molar-refractivity contribution in [3.8, 4) is 0 Å². The molecule has 8 heteroatoms. The van der Waals surface area contributed by atoms with E-state index < -0.39 is 10.0 Å². The van der Waals surface area contributed by atoms with Gasteiger partial charge in [0.05, 0.1) is 5.75 Å². The third kappa shape index (κ3) is 5.07. The molecule has 150 valence electrons. The van der Waals surface area contributed by atoms with Crippen LogP contribution in [0.15, 0.2) is 24.3 Å². The summed E-state index contributed by atoms with van der Waals surface area (Å²) >= 11 is 0. The second-order valence-corrected chi connectivity index (χ2v) is 9.63. The molecule has 0 radical (unpaired) electrons. The minimum Gasteiger partial charge on any atom is -0.336 e. The molecule has 0 N–H and O–H groups in total. The van der Waals surface area contributed by atoms with Gasteiger partial charge in [-0.2, -0.15) is 4.31 Å². The van der Waals surface area contributed by atoms with Crippen molar-refractivity contribution in [1.82, 2.24) is 19.0 Å². The van der Waals surface area contributed by atoms with Gasteiger partial charge in [-0.25, -0.2) is 8.42 Å². The number of piperazine rings is 2. The molecule has 2 fully saturated rings. The van der Waals surface area contributed by atoms with Gasteiger partial charge in [-0.1, -0.05) is 12.1 Å². The average molecular weight is 395 g/mol. The number of sulfonamides is 1. The fraction of sp³-hybridized carbons (Fsp3) is 0.632. The van der Waals surface area contributed by atoms with E-state index in [9.17, 15) is 13.2 Å². The summed E-state index contributed by atoms with van der Waals surface area (Å²) in [7, 11) is -1.02. The van der Waals surface area contributed by atoms with Gasteiger partial charge in [0.25, 0.3) is 5.91 Å². The number of likely N-dealkylation sites (N-methyl/N-ethyl adjacent to an activating group) is 1. The normalized spacial score (nSPS) is 20.7. The zero-order valence-corrected chi connectivity index (χ0v) is 17.1. The average Bonchev–Trinajstić information content (AvgIpc) is 2.69. The minimum atomic E-state index is -3.10. The number of rotatable bonds is 5. The van der Waals surface area contributed by atoms with E-state index >= 15 is 0 Å². The van der Waals surface area contributed by atoms with Crippen molar-refractivity contribution in [3.63, 3.8) is 0 Å². The second kappa shape index (κ2) is 8.68. The molecule has 2 aliphatic rings. The van der Waals surface area contributed by atoms with Crippen molar-refractivity contribution in [2.75, 3.05) is 65.2 Å². The van der Waals surface area contributed by atoms with Crippen molar-refractivity contribution in [2.45, 2.75) is 13.5 Å². The van der Waals surface area contributed by atoms with Crippen molar-refractivity contribution < 1.29 is 13.2 Å². The quantitative estimate of drug-likeness (QED) is 0.730. The Labute approximate surface area is 162 Å². The van der Waals surface area contributed by atoms with E-state index in [1.54, 1.807) is 11.2 Å². The van der Waals surface area contributed by atoms with E-state index in [1.807, 2.05) is 29.2 Å². The fourth-order valence-corrected chi connectivity index (χ4v) is 4.69. The highest BCUT2D eigenvalue weighted by Gasteiger charge is 2.25. The summed E-state index contributed by atoms with van der Waals surface area (Å²) in [5.74, 6) is 0.257. The molecule has 0 atom stereocenters. The van der Waals surface area contributed by atoms with E-state index in [-0.39, 0.29) is 11.7 Å². The van der Waals surface area contributed by atoms with E-state index in [4.69, 9.17) is 0 Å². The Hall–Kier alpha value is -1.48. The number of amides is 1. The topological polar surface area (TPSA) is 64.2 Å². The van der Waals surface area contributed by atoms with Crippen LogP contribution < -0.4 is 0 Å². The van der Waals surface area contributed by atoms with Crippen LogP contribution in [0.3, 0.4) is 0 Å². The summed E-state index contributed by atoms with van der Waals surface area (Å²) in [4.78, 5) is 19.2. The lowest BCUT2D eigenvalue weighted by Gasteiger charge is -2.34. The molecule has 0 aromatic heterocycles. The largest absolute Gasteiger partial charge is 0.336 e. The first-order chi connectivity index (χ1) is 12.9. The molecule has 0 bridgehead atoms. The van der Waals surface area contributed by atoms with Crippen LogP contribution in [-0.2, 0) is 16.6 Å². The molecule has 1 aromatic carbocycles. The molecule has 7 nitrogen and oxygen atoms in total. The van der Waals surface area contributed by atoms with Crippen LogP contribution in [0.4, 0.5) is 0 Å². The maximum atomic E-state index is 12.8. The maximum Gasteiger partial charge on any atom is 0.253 e. The number of carbonyl (C=O) groups excluding carboxylic acids is 1. The van der Waals surface area contributed by atoms with Crippen molar-refractivity contribution in [3.05, 3.63) is 35.4 Å². The maximum absolute atomic E-state index is 12.8. The number of benzene rings is 1. The monoisotopic (exact) mass is 394 g/mol. The summed E-state index contributed by atoms with van der Waals surface area (Å²) < 4.78 is 25.5. The van der Waals surface area contributed by atoms with Crippen LogP contribution in [0, 0.1) is 0 Å². The van der Waals surface area contributed by atoms with Gasteiger partial charge in [0.2, 0.25) is 10.0 Å². The Balaban J connectivity index is 1.58. The van der Waals surface area contributed by atoms with Crippen molar-refractivity contribution >= 4 is 15.9 Å². The first kappa shape index (κ1) is 20.3. The molecule has 0 spiro atoms. The van der Waals surface area contributed by atoms with Crippen LogP contribution in [0.5, 0.6) is 0 Å². The lowest BCUT2D eigenvalue weighted by atomic mass is 10.1. The molecule has 0 aliphatic carbocycles. The predicted octanol–water partition coefficient (Wildman–Crippen LogP) is 0.542. The molecule has 1 amide bonds. The number of carbonyl (C=O) groups is 1. The molecule has 2 aliphatic heterocycles. The SMILES string of the molecule is CCS(=O)(=O)N1CCN(Cc2cccc(C(=O)N3CCN(C)CC3)c2)CC1. The van der Waals surface area contributed by atoms with Crippen LogP contribution in [0.1, 0.15) is 22.8 Å². The Bertz CT molecular complexity index is 752. The molecule has 2 heterocycles. The Morgan fingerprint density at radius 3 is 2.30 bits per heavy atom. The van der Waals surface area contributed by atoms with Gasteiger partial charge in [-0.3, -0.25) is 9.69 Å². The van der Waals surface area contributed by atoms with E-state index in [1.165, 1.54) is 0 Å². The molecule has 2 saturated heterocycles. The van der Waals surface area contributed by atoms with Gasteiger partial charge in [0, 0.05) is 64.5 Å². The summed E-state index contributed by atoms with van der Waals surface area (Å²) in [5, 5.41) is 0. The number of hydrogen-bond donors (Lipinski definition) is 0.